The van der Waals surface area contributed by atoms with Gasteiger partial charge in [-0.15, -0.1) is 0 Å². The summed E-state index contributed by atoms with van der Waals surface area (Å²) in [5.41, 5.74) is 5.69. The van der Waals surface area contributed by atoms with Gasteiger partial charge in [-0.1, -0.05) is 12.6 Å². The van der Waals surface area contributed by atoms with Crippen LogP contribution in [0.3, 0.4) is 0 Å². The fourth-order valence-electron chi connectivity index (χ4n) is 2.38. The maximum Gasteiger partial charge on any atom is 0.149 e. The van der Waals surface area contributed by atoms with E-state index in [1.54, 1.807) is 6.20 Å². The molecule has 1 aliphatic heterocycles. The van der Waals surface area contributed by atoms with Crippen molar-refractivity contribution in [2.24, 2.45) is 10.7 Å². The van der Waals surface area contributed by atoms with Crippen molar-refractivity contribution in [3.8, 4) is 0 Å². The molecule has 1 atom stereocenters. The van der Waals surface area contributed by atoms with E-state index in [4.69, 9.17) is 10.5 Å². The molecule has 3 heteroatoms. The highest BCUT2D eigenvalue weighted by Gasteiger charge is 2.12. The molecular weight excluding hydrogens is 212 g/mol. The second kappa shape index (κ2) is 4.00. The molecule has 0 aromatic heterocycles. The summed E-state index contributed by atoms with van der Waals surface area (Å²) in [6.07, 6.45) is 4.95. The van der Waals surface area contributed by atoms with Crippen LogP contribution in [0.4, 0.5) is 0 Å². The molecule has 1 heterocycles. The van der Waals surface area contributed by atoms with Crippen LogP contribution in [0, 0.1) is 10.4 Å². The third kappa shape index (κ3) is 1.76. The molecule has 1 fully saturated rings. The Bertz CT molecular complexity index is 716. The quantitative estimate of drug-likeness (QED) is 0.736. The van der Waals surface area contributed by atoms with E-state index in [0.717, 1.165) is 35.2 Å². The summed E-state index contributed by atoms with van der Waals surface area (Å²) in [5.74, 6) is 0. The number of hydrogen-bond donors (Lipinski definition) is 1. The molecule has 17 heavy (non-hydrogen) atoms. The van der Waals surface area contributed by atoms with Crippen LogP contribution in [0.15, 0.2) is 17.1 Å². The second-order valence-corrected chi connectivity index (χ2v) is 4.52. The van der Waals surface area contributed by atoms with E-state index < -0.39 is 0 Å². The van der Waals surface area contributed by atoms with Gasteiger partial charge in [0.05, 0.1) is 5.36 Å². The van der Waals surface area contributed by atoms with Crippen LogP contribution in [0.25, 0.3) is 12.8 Å². The van der Waals surface area contributed by atoms with Gasteiger partial charge in [0.2, 0.25) is 0 Å². The van der Waals surface area contributed by atoms with E-state index >= 15 is 0 Å². The Morgan fingerprint density at radius 2 is 2.29 bits per heavy atom. The lowest BCUT2D eigenvalue weighted by Crippen LogP contribution is -2.30. The largest absolute Gasteiger partial charge is 0.404 e. The van der Waals surface area contributed by atoms with Crippen LogP contribution in [-0.2, 0) is 4.74 Å². The van der Waals surface area contributed by atoms with Crippen molar-refractivity contribution in [3.05, 3.63) is 38.4 Å². The smallest absolute Gasteiger partial charge is 0.149 e. The molecule has 3 nitrogen and oxygen atoms in total. The summed E-state index contributed by atoms with van der Waals surface area (Å²) in [5, 5.41) is 5.40. The Balaban J connectivity index is 2.11. The molecule has 0 aromatic carbocycles. The highest BCUT2D eigenvalue weighted by atomic mass is 16.5. The summed E-state index contributed by atoms with van der Waals surface area (Å²) in [6, 6.07) is 4.07. The second-order valence-electron chi connectivity index (χ2n) is 4.52. The lowest BCUT2D eigenvalue weighted by molar-refractivity contribution is 0.0198. The third-order valence-corrected chi connectivity index (χ3v) is 3.39. The van der Waals surface area contributed by atoms with Crippen molar-refractivity contribution in [2.45, 2.75) is 25.5 Å². The van der Waals surface area contributed by atoms with Gasteiger partial charge in [-0.2, -0.15) is 0 Å². The van der Waals surface area contributed by atoms with Gasteiger partial charge in [-0.3, -0.25) is 4.99 Å². The first-order valence-corrected chi connectivity index (χ1v) is 6.05. The van der Waals surface area contributed by atoms with Crippen LogP contribution in [0.1, 0.15) is 19.3 Å². The average molecular weight is 228 g/mol. The zero-order valence-corrected chi connectivity index (χ0v) is 9.78. The van der Waals surface area contributed by atoms with E-state index in [1.807, 2.05) is 6.07 Å². The predicted molar refractivity (Wildman–Crippen MR) is 66.7 cm³/mol. The Hall–Kier alpha value is -1.61. The van der Waals surface area contributed by atoms with Crippen molar-refractivity contribution in [2.75, 3.05) is 6.61 Å². The first-order chi connectivity index (χ1) is 8.31. The molecule has 3 rings (SSSR count). The summed E-state index contributed by atoms with van der Waals surface area (Å²) < 4.78 is 5.62. The standard InChI is InChI=1S/C14H16N2O/c1-9-10-5-6-12(11(8-15)14(9)10)16-13-4-2-3-7-17-13/h5-6,8,13H,1-4,7,15H2. The number of hydrogen-bond acceptors (Lipinski definition) is 3. The zero-order chi connectivity index (χ0) is 11.8. The molecule has 1 unspecified atom stereocenters. The minimum Gasteiger partial charge on any atom is -0.404 e. The van der Waals surface area contributed by atoms with Gasteiger partial charge in [0.15, 0.2) is 0 Å². The Labute approximate surface area is 99.3 Å². The molecule has 2 aliphatic carbocycles. The maximum atomic E-state index is 5.69. The SMILES string of the molecule is C=c1c2ccc(=NC3CCCCO3)c(=CN)c1=2. The van der Waals surface area contributed by atoms with Gasteiger partial charge in [0.1, 0.15) is 6.23 Å². The predicted octanol–water partition coefficient (Wildman–Crippen LogP) is -0.179. The van der Waals surface area contributed by atoms with Crippen molar-refractivity contribution in [3.63, 3.8) is 0 Å². The number of rotatable bonds is 1. The fourth-order valence-corrected chi connectivity index (χ4v) is 2.38. The van der Waals surface area contributed by atoms with Crippen LogP contribution >= 0.6 is 0 Å². The molecule has 0 amide bonds. The van der Waals surface area contributed by atoms with Gasteiger partial charge >= 0.3 is 0 Å². The van der Waals surface area contributed by atoms with Crippen molar-refractivity contribution in [1.82, 2.24) is 0 Å². The van der Waals surface area contributed by atoms with Gasteiger partial charge in [-0.05, 0) is 35.8 Å². The summed E-state index contributed by atoms with van der Waals surface area (Å²) >= 11 is 0. The molecular formula is C14H16N2O. The number of ether oxygens (including phenoxy) is 1. The highest BCUT2D eigenvalue weighted by Crippen LogP contribution is 2.12. The van der Waals surface area contributed by atoms with Crippen molar-refractivity contribution < 1.29 is 4.74 Å². The molecule has 0 saturated carbocycles. The monoisotopic (exact) mass is 228 g/mol. The Morgan fingerprint density at radius 1 is 1.41 bits per heavy atom. The van der Waals surface area contributed by atoms with Gasteiger partial charge in [-0.25, -0.2) is 0 Å². The van der Waals surface area contributed by atoms with E-state index in [-0.39, 0.29) is 6.23 Å². The van der Waals surface area contributed by atoms with E-state index in [0.29, 0.717) is 0 Å². The molecule has 0 aromatic rings. The van der Waals surface area contributed by atoms with Gasteiger partial charge in [0.25, 0.3) is 0 Å². The maximum absolute atomic E-state index is 5.69. The Morgan fingerprint density at radius 3 is 3.00 bits per heavy atom. The molecule has 3 aliphatic rings. The summed E-state index contributed by atoms with van der Waals surface area (Å²) in [6.45, 7) is 4.80. The minimum atomic E-state index is -0.00693. The fraction of sp³-hybridized carbons (Fsp3) is 0.357. The van der Waals surface area contributed by atoms with Gasteiger partial charge < -0.3 is 10.5 Å². The minimum absolute atomic E-state index is 0.00693. The average Bonchev–Trinajstić information content (AvgIpc) is 3.02. The van der Waals surface area contributed by atoms with Crippen LogP contribution < -0.4 is 21.5 Å². The topological polar surface area (TPSA) is 47.6 Å². The zero-order valence-electron chi connectivity index (χ0n) is 9.78. The first kappa shape index (κ1) is 10.5. The van der Waals surface area contributed by atoms with Gasteiger partial charge in [0, 0.05) is 23.2 Å². The van der Waals surface area contributed by atoms with Crippen LogP contribution in [0.5, 0.6) is 0 Å². The normalized spacial score (nSPS) is 23.9. The van der Waals surface area contributed by atoms with E-state index in [1.165, 1.54) is 16.9 Å². The number of nitrogens with two attached hydrogens (primary N) is 1. The first-order valence-electron chi connectivity index (χ1n) is 6.05. The van der Waals surface area contributed by atoms with Crippen molar-refractivity contribution in [1.29, 1.82) is 0 Å². The summed E-state index contributed by atoms with van der Waals surface area (Å²) in [7, 11) is 0. The molecule has 88 valence electrons. The summed E-state index contributed by atoms with van der Waals surface area (Å²) in [4.78, 5) is 4.64. The molecule has 0 spiro atoms. The number of nitrogens with zero attached hydrogens (tertiary/aromatic N) is 1. The van der Waals surface area contributed by atoms with Crippen molar-refractivity contribution >= 4 is 12.8 Å². The lowest BCUT2D eigenvalue weighted by Gasteiger charge is -2.18. The Kier molecular flexibility index (Phi) is 2.48. The van der Waals surface area contributed by atoms with E-state index in [9.17, 15) is 0 Å². The highest BCUT2D eigenvalue weighted by molar-refractivity contribution is 5.34. The van der Waals surface area contributed by atoms with Crippen LogP contribution in [0.2, 0.25) is 0 Å². The molecule has 0 radical (unpaired) electrons. The van der Waals surface area contributed by atoms with Crippen LogP contribution in [-0.4, -0.2) is 12.8 Å². The molecule has 2 N–H and O–H groups in total. The van der Waals surface area contributed by atoms with E-state index in [2.05, 4.69) is 17.6 Å². The molecule has 1 saturated heterocycles. The third-order valence-electron chi connectivity index (χ3n) is 3.39. The molecule has 0 bridgehead atoms. The lowest BCUT2D eigenvalue weighted by atomic mass is 10.2.